The zero-order chi connectivity index (χ0) is 22.9. The number of pyridine rings is 1. The molecule has 0 unspecified atom stereocenters. The Morgan fingerprint density at radius 2 is 1.91 bits per heavy atom. The SMILES string of the molecule is CCCS(=O)(=O)Nc1cc(F)cc(C(=O)c2ccc3ncc(-c4cn[nH]c4)cc3c2)c1F. The molecule has 32 heavy (non-hydrogen) atoms. The summed E-state index contributed by atoms with van der Waals surface area (Å²) in [5, 5.41) is 7.23. The summed E-state index contributed by atoms with van der Waals surface area (Å²) in [4.78, 5) is 17.4. The summed E-state index contributed by atoms with van der Waals surface area (Å²) in [5.74, 6) is -3.12. The van der Waals surface area contributed by atoms with Crippen LogP contribution in [-0.4, -0.2) is 35.1 Å². The van der Waals surface area contributed by atoms with Gasteiger partial charge < -0.3 is 0 Å². The van der Waals surface area contributed by atoms with Crippen molar-refractivity contribution in [3.63, 3.8) is 0 Å². The van der Waals surface area contributed by atoms with Crippen molar-refractivity contribution in [2.24, 2.45) is 0 Å². The topological polar surface area (TPSA) is 105 Å². The van der Waals surface area contributed by atoms with Gasteiger partial charge in [0.2, 0.25) is 10.0 Å². The van der Waals surface area contributed by atoms with E-state index in [4.69, 9.17) is 0 Å². The highest BCUT2D eigenvalue weighted by Gasteiger charge is 2.22. The van der Waals surface area contributed by atoms with Crippen LogP contribution in [0.2, 0.25) is 0 Å². The van der Waals surface area contributed by atoms with E-state index in [0.717, 1.165) is 17.2 Å². The lowest BCUT2D eigenvalue weighted by Gasteiger charge is -2.11. The molecule has 0 aliphatic heterocycles. The Morgan fingerprint density at radius 3 is 2.62 bits per heavy atom. The molecule has 10 heteroatoms. The number of anilines is 1. The number of benzene rings is 2. The molecular weight excluding hydrogens is 438 g/mol. The highest BCUT2D eigenvalue weighted by atomic mass is 32.2. The first kappa shape index (κ1) is 21.6. The van der Waals surface area contributed by atoms with Crippen LogP contribution in [0.25, 0.3) is 22.0 Å². The quantitative estimate of drug-likeness (QED) is 0.404. The minimum atomic E-state index is -3.87. The summed E-state index contributed by atoms with van der Waals surface area (Å²) in [7, 11) is -3.87. The number of carbonyl (C=O) groups excluding carboxylic acids is 1. The van der Waals surface area contributed by atoms with Gasteiger partial charge in [-0.15, -0.1) is 0 Å². The second-order valence-corrected chi connectivity index (χ2v) is 9.03. The van der Waals surface area contributed by atoms with Crippen LogP contribution >= 0.6 is 0 Å². The zero-order valence-electron chi connectivity index (χ0n) is 16.9. The van der Waals surface area contributed by atoms with Crippen molar-refractivity contribution in [3.05, 3.63) is 77.8 Å². The minimum Gasteiger partial charge on any atom is -0.288 e. The van der Waals surface area contributed by atoms with Gasteiger partial charge in [-0.05, 0) is 36.8 Å². The first-order chi connectivity index (χ1) is 15.3. The van der Waals surface area contributed by atoms with Gasteiger partial charge in [-0.1, -0.05) is 6.92 Å². The molecule has 2 heterocycles. The van der Waals surface area contributed by atoms with Crippen molar-refractivity contribution in [3.8, 4) is 11.1 Å². The van der Waals surface area contributed by atoms with Crippen molar-refractivity contribution in [1.82, 2.24) is 15.2 Å². The second kappa shape index (κ2) is 8.46. The van der Waals surface area contributed by atoms with Crippen LogP contribution in [0.3, 0.4) is 0 Å². The fourth-order valence-corrected chi connectivity index (χ4v) is 4.43. The van der Waals surface area contributed by atoms with Crippen molar-refractivity contribution in [2.75, 3.05) is 10.5 Å². The molecule has 0 fully saturated rings. The monoisotopic (exact) mass is 456 g/mol. The average Bonchev–Trinajstić information content (AvgIpc) is 3.29. The largest absolute Gasteiger partial charge is 0.288 e. The van der Waals surface area contributed by atoms with Gasteiger partial charge in [0.15, 0.2) is 11.6 Å². The smallest absolute Gasteiger partial charge is 0.232 e. The Morgan fingerprint density at radius 1 is 1.09 bits per heavy atom. The number of sulfonamides is 1. The lowest BCUT2D eigenvalue weighted by atomic mass is 9.99. The van der Waals surface area contributed by atoms with Gasteiger partial charge in [-0.2, -0.15) is 5.10 Å². The van der Waals surface area contributed by atoms with Gasteiger partial charge in [0.05, 0.1) is 28.7 Å². The number of aromatic nitrogens is 3. The number of ketones is 1. The van der Waals surface area contributed by atoms with Crippen LogP contribution in [0.5, 0.6) is 0 Å². The fourth-order valence-electron chi connectivity index (χ4n) is 3.31. The molecule has 0 spiro atoms. The molecule has 0 aliphatic carbocycles. The van der Waals surface area contributed by atoms with Gasteiger partial charge in [0, 0.05) is 40.5 Å². The van der Waals surface area contributed by atoms with E-state index in [1.165, 1.54) is 12.1 Å². The van der Waals surface area contributed by atoms with Crippen LogP contribution in [0.15, 0.2) is 55.0 Å². The van der Waals surface area contributed by atoms with Gasteiger partial charge in [0.1, 0.15) is 5.82 Å². The van der Waals surface area contributed by atoms with E-state index in [9.17, 15) is 22.0 Å². The third-order valence-corrected chi connectivity index (χ3v) is 6.27. The number of halogens is 2. The molecule has 7 nitrogen and oxygen atoms in total. The molecule has 0 atom stereocenters. The molecule has 4 rings (SSSR count). The predicted octanol–water partition coefficient (Wildman–Crippen LogP) is 4.29. The van der Waals surface area contributed by atoms with Crippen LogP contribution in [0.4, 0.5) is 14.5 Å². The van der Waals surface area contributed by atoms with Gasteiger partial charge >= 0.3 is 0 Å². The van der Waals surface area contributed by atoms with Crippen LogP contribution in [-0.2, 0) is 10.0 Å². The average molecular weight is 456 g/mol. The third kappa shape index (κ3) is 4.35. The summed E-state index contributed by atoms with van der Waals surface area (Å²) in [6.45, 7) is 1.64. The molecule has 0 aliphatic rings. The Hall–Kier alpha value is -3.66. The lowest BCUT2D eigenvalue weighted by Crippen LogP contribution is -2.18. The first-order valence-corrected chi connectivity index (χ1v) is 11.4. The maximum atomic E-state index is 15.0. The summed E-state index contributed by atoms with van der Waals surface area (Å²) < 4.78 is 55.1. The molecule has 4 aromatic rings. The van der Waals surface area contributed by atoms with Crippen LogP contribution in [0.1, 0.15) is 29.3 Å². The Balaban J connectivity index is 1.74. The highest BCUT2D eigenvalue weighted by Crippen LogP contribution is 2.27. The standard InChI is InChI=1S/C22H18F2N4O3S/c1-2-5-32(30,31)28-20-9-17(23)8-18(21(20)24)22(29)13-3-4-19-14(6-13)7-15(10-25-19)16-11-26-27-12-16/h3-4,6-12,28H,2,5H2,1H3,(H,26,27). The maximum Gasteiger partial charge on any atom is 0.232 e. The number of rotatable bonds is 7. The Labute approximate surface area is 182 Å². The van der Waals surface area contributed by atoms with E-state index in [0.29, 0.717) is 23.4 Å². The molecule has 0 saturated heterocycles. The van der Waals surface area contributed by atoms with Crippen molar-refractivity contribution in [1.29, 1.82) is 0 Å². The first-order valence-electron chi connectivity index (χ1n) is 9.70. The predicted molar refractivity (Wildman–Crippen MR) is 117 cm³/mol. The normalized spacial score (nSPS) is 11.6. The fraction of sp³-hybridized carbons (Fsp3) is 0.136. The van der Waals surface area contributed by atoms with E-state index < -0.39 is 38.7 Å². The van der Waals surface area contributed by atoms with E-state index in [1.807, 2.05) is 4.72 Å². The number of nitrogens with zero attached hydrogens (tertiary/aromatic N) is 2. The molecule has 0 bridgehead atoms. The number of hydrogen-bond acceptors (Lipinski definition) is 5. The van der Waals surface area contributed by atoms with Gasteiger partial charge in [0.25, 0.3) is 0 Å². The number of H-pyrrole nitrogens is 1. The van der Waals surface area contributed by atoms with Crippen LogP contribution in [0, 0.1) is 11.6 Å². The molecule has 2 aromatic heterocycles. The molecule has 0 saturated carbocycles. The molecule has 164 valence electrons. The van der Waals surface area contributed by atoms with E-state index in [2.05, 4.69) is 15.2 Å². The summed E-state index contributed by atoms with van der Waals surface area (Å²) in [6.07, 6.45) is 5.28. The van der Waals surface area contributed by atoms with E-state index in [-0.39, 0.29) is 11.3 Å². The minimum absolute atomic E-state index is 0.107. The second-order valence-electron chi connectivity index (χ2n) is 7.18. The zero-order valence-corrected chi connectivity index (χ0v) is 17.7. The number of hydrogen-bond donors (Lipinski definition) is 2. The number of aromatic amines is 1. The lowest BCUT2D eigenvalue weighted by molar-refractivity contribution is 0.103. The highest BCUT2D eigenvalue weighted by molar-refractivity contribution is 7.92. The van der Waals surface area contributed by atoms with Crippen molar-refractivity contribution >= 4 is 32.4 Å². The van der Waals surface area contributed by atoms with E-state index in [1.54, 1.807) is 37.6 Å². The van der Waals surface area contributed by atoms with Crippen molar-refractivity contribution in [2.45, 2.75) is 13.3 Å². The van der Waals surface area contributed by atoms with Crippen molar-refractivity contribution < 1.29 is 22.0 Å². The summed E-state index contributed by atoms with van der Waals surface area (Å²) >= 11 is 0. The molecule has 0 radical (unpaired) electrons. The number of fused-ring (bicyclic) bond motifs is 1. The third-order valence-electron chi connectivity index (χ3n) is 4.80. The van der Waals surface area contributed by atoms with E-state index >= 15 is 0 Å². The maximum absolute atomic E-state index is 15.0. The summed E-state index contributed by atoms with van der Waals surface area (Å²) in [6, 6.07) is 7.85. The summed E-state index contributed by atoms with van der Waals surface area (Å²) in [5.41, 5.74) is 1.11. The molecule has 2 N–H and O–H groups in total. The van der Waals surface area contributed by atoms with Gasteiger partial charge in [-0.25, -0.2) is 17.2 Å². The van der Waals surface area contributed by atoms with Crippen LogP contribution < -0.4 is 4.72 Å². The molecule has 2 aromatic carbocycles. The number of nitrogens with one attached hydrogen (secondary N) is 2. The number of carbonyl (C=O) groups is 1. The Bertz CT molecular complexity index is 1420. The van der Waals surface area contributed by atoms with Gasteiger partial charge in [-0.3, -0.25) is 19.6 Å². The molecular formula is C22H18F2N4O3S. The Kier molecular flexibility index (Phi) is 5.70. The molecule has 0 amide bonds.